The van der Waals surface area contributed by atoms with E-state index in [4.69, 9.17) is 5.11 Å². The zero-order valence-corrected chi connectivity index (χ0v) is 18.8. The molecule has 0 aromatic heterocycles. The molecule has 2 aliphatic rings. The lowest BCUT2D eigenvalue weighted by Gasteiger charge is -2.27. The number of para-hydroxylation sites is 1. The molecule has 33 heavy (non-hydrogen) atoms. The van der Waals surface area contributed by atoms with Crippen LogP contribution >= 0.6 is 0 Å². The molecule has 174 valence electrons. The second kappa shape index (κ2) is 9.87. The Morgan fingerprint density at radius 3 is 2.88 bits per heavy atom. The third-order valence-electron chi connectivity index (χ3n) is 6.47. The van der Waals surface area contributed by atoms with Crippen LogP contribution in [0.4, 0.5) is 11.4 Å². The quantitative estimate of drug-likeness (QED) is 0.464. The summed E-state index contributed by atoms with van der Waals surface area (Å²) in [6.45, 7) is 2.95. The van der Waals surface area contributed by atoms with Gasteiger partial charge in [-0.3, -0.25) is 9.59 Å². The van der Waals surface area contributed by atoms with Crippen LogP contribution in [-0.4, -0.2) is 41.2 Å². The van der Waals surface area contributed by atoms with Crippen molar-refractivity contribution in [1.82, 2.24) is 5.32 Å². The minimum Gasteiger partial charge on any atom is -0.396 e. The number of aliphatic hydroxyl groups excluding tert-OH is 1. The Morgan fingerprint density at radius 2 is 2.12 bits per heavy atom. The van der Waals surface area contributed by atoms with E-state index in [0.29, 0.717) is 23.4 Å². The van der Waals surface area contributed by atoms with E-state index in [9.17, 15) is 14.7 Å². The average Bonchev–Trinajstić information content (AvgIpc) is 3.43. The normalized spacial score (nSPS) is 23.2. The van der Waals surface area contributed by atoms with Gasteiger partial charge in [0.05, 0.1) is 18.3 Å². The number of hydrogen-bond acceptors (Lipinski definition) is 5. The molecule has 0 radical (unpaired) electrons. The summed E-state index contributed by atoms with van der Waals surface area (Å²) in [5.41, 5.74) is 1.11. The number of amides is 2. The summed E-state index contributed by atoms with van der Waals surface area (Å²) in [7, 11) is 0. The number of benzene rings is 2. The van der Waals surface area contributed by atoms with Crippen molar-refractivity contribution in [3.8, 4) is 0 Å². The van der Waals surface area contributed by atoms with Gasteiger partial charge in [0.2, 0.25) is 5.91 Å². The third kappa shape index (κ3) is 4.57. The fourth-order valence-corrected chi connectivity index (χ4v) is 4.64. The van der Waals surface area contributed by atoms with Gasteiger partial charge < -0.3 is 25.7 Å². The highest BCUT2D eigenvalue weighted by atomic mass is 16.3. The number of anilines is 2. The first kappa shape index (κ1) is 23.2. The Hall–Kier alpha value is -3.00. The Kier molecular flexibility index (Phi) is 6.93. The van der Waals surface area contributed by atoms with Gasteiger partial charge in [0.25, 0.3) is 5.91 Å². The van der Waals surface area contributed by atoms with Gasteiger partial charge in [0.15, 0.2) is 5.60 Å². The first-order valence-corrected chi connectivity index (χ1v) is 11.5. The second-order valence-corrected chi connectivity index (χ2v) is 8.74. The van der Waals surface area contributed by atoms with Crippen molar-refractivity contribution in [2.45, 2.75) is 44.4 Å². The molecule has 0 saturated carbocycles. The molecule has 7 nitrogen and oxygen atoms in total. The van der Waals surface area contributed by atoms with E-state index in [1.807, 2.05) is 42.5 Å². The molecule has 2 heterocycles. The summed E-state index contributed by atoms with van der Waals surface area (Å²) in [4.78, 5) is 27.6. The van der Waals surface area contributed by atoms with E-state index in [-0.39, 0.29) is 31.0 Å². The first-order chi connectivity index (χ1) is 15.9. The number of fused-ring (bicyclic) bond motifs is 1. The highest BCUT2D eigenvalue weighted by Crippen LogP contribution is 2.45. The average molecular weight is 450 g/mol. The fraction of sp³-hybridized carbons (Fsp3) is 0.385. The Morgan fingerprint density at radius 1 is 1.30 bits per heavy atom. The number of aliphatic hydroxyl groups is 2. The molecular formula is C26H31N3O4. The maximum Gasteiger partial charge on any atom is 0.264 e. The van der Waals surface area contributed by atoms with Gasteiger partial charge in [-0.05, 0) is 49.6 Å². The largest absolute Gasteiger partial charge is 0.396 e. The van der Waals surface area contributed by atoms with Crippen molar-refractivity contribution in [2.24, 2.45) is 5.92 Å². The van der Waals surface area contributed by atoms with Gasteiger partial charge in [-0.15, -0.1) is 0 Å². The summed E-state index contributed by atoms with van der Waals surface area (Å²) in [5.74, 6) is -0.896. The van der Waals surface area contributed by atoms with Crippen LogP contribution in [0.3, 0.4) is 0 Å². The van der Waals surface area contributed by atoms with Crippen LogP contribution in [0, 0.1) is 5.92 Å². The van der Waals surface area contributed by atoms with Crippen molar-refractivity contribution in [3.05, 3.63) is 71.8 Å². The Balaban J connectivity index is 1.56. The van der Waals surface area contributed by atoms with Crippen LogP contribution in [0.15, 0.2) is 60.7 Å². The monoisotopic (exact) mass is 449 g/mol. The number of rotatable bonds is 8. The summed E-state index contributed by atoms with van der Waals surface area (Å²) < 4.78 is 0. The van der Waals surface area contributed by atoms with Crippen molar-refractivity contribution in [1.29, 1.82) is 0 Å². The zero-order chi connectivity index (χ0) is 23.4. The lowest BCUT2D eigenvalue weighted by Crippen LogP contribution is -2.44. The molecule has 4 N–H and O–H groups in total. The Labute approximate surface area is 194 Å². The van der Waals surface area contributed by atoms with Crippen LogP contribution in [0.1, 0.15) is 37.3 Å². The number of hydrogen-bond donors (Lipinski definition) is 4. The van der Waals surface area contributed by atoms with Crippen molar-refractivity contribution < 1.29 is 19.8 Å². The summed E-state index contributed by atoms with van der Waals surface area (Å²) in [5, 5.41) is 26.7. The minimum absolute atomic E-state index is 0.0159. The number of nitrogens with zero attached hydrogens (tertiary/aromatic N) is 1. The SMILES string of the molecule is C[C@H](/C=C/CCO)[C@@]1(O)C(=O)N(Cc2cccc(NC(=O)[C@H]3CCCN3)c2)c2ccccc21. The predicted octanol–water partition coefficient (Wildman–Crippen LogP) is 2.69. The topological polar surface area (TPSA) is 102 Å². The zero-order valence-electron chi connectivity index (χ0n) is 18.8. The van der Waals surface area contributed by atoms with E-state index in [2.05, 4.69) is 10.6 Å². The van der Waals surface area contributed by atoms with Gasteiger partial charge in [0.1, 0.15) is 0 Å². The van der Waals surface area contributed by atoms with Gasteiger partial charge in [-0.1, -0.05) is 49.4 Å². The van der Waals surface area contributed by atoms with E-state index in [1.165, 1.54) is 0 Å². The molecule has 1 fully saturated rings. The highest BCUT2D eigenvalue weighted by Gasteiger charge is 2.52. The van der Waals surface area contributed by atoms with Gasteiger partial charge in [0, 0.05) is 23.8 Å². The number of nitrogens with one attached hydrogen (secondary N) is 2. The van der Waals surface area contributed by atoms with E-state index >= 15 is 0 Å². The van der Waals surface area contributed by atoms with Crippen LogP contribution in [-0.2, 0) is 21.7 Å². The van der Waals surface area contributed by atoms with Crippen LogP contribution < -0.4 is 15.5 Å². The summed E-state index contributed by atoms with van der Waals surface area (Å²) in [6, 6.07) is 14.6. The highest BCUT2D eigenvalue weighted by molar-refractivity contribution is 6.07. The molecule has 0 spiro atoms. The van der Waals surface area contributed by atoms with E-state index in [0.717, 1.165) is 24.9 Å². The van der Waals surface area contributed by atoms with Crippen molar-refractivity contribution in [2.75, 3.05) is 23.4 Å². The van der Waals surface area contributed by atoms with Gasteiger partial charge >= 0.3 is 0 Å². The summed E-state index contributed by atoms with van der Waals surface area (Å²) in [6.07, 6.45) is 5.85. The van der Waals surface area contributed by atoms with Crippen molar-refractivity contribution in [3.63, 3.8) is 0 Å². The molecule has 0 aliphatic carbocycles. The standard InChI is InChI=1S/C26H31N3O4/c1-18(8-4-5-15-30)26(33)21-11-2-3-13-23(21)29(25(26)32)17-19-9-6-10-20(16-19)28-24(31)22-12-7-14-27-22/h2-4,6,8-11,13,16,18,22,27,30,33H,5,7,12,14-15,17H2,1H3,(H,28,31)/b8-4+/t18-,22-,26+/m1/s1. The molecule has 0 bridgehead atoms. The van der Waals surface area contributed by atoms with Crippen LogP contribution in [0.5, 0.6) is 0 Å². The van der Waals surface area contributed by atoms with Gasteiger partial charge in [-0.2, -0.15) is 0 Å². The molecular weight excluding hydrogens is 418 g/mol. The third-order valence-corrected chi connectivity index (χ3v) is 6.47. The molecule has 2 aromatic carbocycles. The summed E-state index contributed by atoms with van der Waals surface area (Å²) >= 11 is 0. The molecule has 2 aromatic rings. The molecule has 2 amide bonds. The smallest absolute Gasteiger partial charge is 0.264 e. The van der Waals surface area contributed by atoms with Crippen LogP contribution in [0.25, 0.3) is 0 Å². The minimum atomic E-state index is -1.68. The van der Waals surface area contributed by atoms with E-state index in [1.54, 1.807) is 30.0 Å². The maximum atomic E-state index is 13.5. The predicted molar refractivity (Wildman–Crippen MR) is 128 cm³/mol. The van der Waals surface area contributed by atoms with Gasteiger partial charge in [-0.25, -0.2) is 0 Å². The molecule has 1 saturated heterocycles. The Bertz CT molecular complexity index is 1050. The van der Waals surface area contributed by atoms with Crippen LogP contribution in [0.2, 0.25) is 0 Å². The molecule has 3 atom stereocenters. The fourth-order valence-electron chi connectivity index (χ4n) is 4.64. The second-order valence-electron chi connectivity index (χ2n) is 8.74. The molecule has 0 unspecified atom stereocenters. The lowest BCUT2D eigenvalue weighted by atomic mass is 9.83. The number of carbonyl (C=O) groups excluding carboxylic acids is 2. The molecule has 4 rings (SSSR count). The van der Waals surface area contributed by atoms with E-state index < -0.39 is 11.5 Å². The molecule has 7 heteroatoms. The van der Waals surface area contributed by atoms with Crippen molar-refractivity contribution >= 4 is 23.2 Å². The maximum absolute atomic E-state index is 13.5. The molecule has 2 aliphatic heterocycles. The number of carbonyl (C=O) groups is 2. The lowest BCUT2D eigenvalue weighted by molar-refractivity contribution is -0.139. The first-order valence-electron chi connectivity index (χ1n) is 11.5.